The lowest BCUT2D eigenvalue weighted by Crippen LogP contribution is -2.43. The molecule has 150 valence electrons. The van der Waals surface area contributed by atoms with Crippen LogP contribution in [0.5, 0.6) is 5.75 Å². The highest BCUT2D eigenvalue weighted by Gasteiger charge is 2.23. The number of hydrogen-bond acceptors (Lipinski definition) is 5. The normalized spacial score (nSPS) is 12.0. The second-order valence-corrected chi connectivity index (χ2v) is 7.34. The number of benzene rings is 2. The van der Waals surface area contributed by atoms with Crippen LogP contribution in [0, 0.1) is 0 Å². The first-order chi connectivity index (χ1) is 13.3. The van der Waals surface area contributed by atoms with Crippen LogP contribution < -0.4 is 10.1 Å². The molecule has 0 spiro atoms. The molecule has 28 heavy (non-hydrogen) atoms. The zero-order valence-corrected chi connectivity index (χ0v) is 16.7. The lowest BCUT2D eigenvalue weighted by Gasteiger charge is -2.21. The van der Waals surface area contributed by atoms with Crippen LogP contribution in [0.25, 0.3) is 0 Å². The van der Waals surface area contributed by atoms with Gasteiger partial charge in [0.15, 0.2) is 0 Å². The second kappa shape index (κ2) is 9.78. The van der Waals surface area contributed by atoms with Crippen molar-refractivity contribution in [3.8, 4) is 5.75 Å². The third-order valence-corrected chi connectivity index (χ3v) is 3.78. The fourth-order valence-corrected chi connectivity index (χ4v) is 2.53. The maximum atomic E-state index is 12.1. The highest BCUT2D eigenvalue weighted by atomic mass is 16.6. The van der Waals surface area contributed by atoms with Gasteiger partial charge < -0.3 is 19.5 Å². The van der Waals surface area contributed by atoms with Crippen molar-refractivity contribution in [2.45, 2.75) is 45.4 Å². The summed E-state index contributed by atoms with van der Waals surface area (Å²) in [6.07, 6.45) is -0.393. The van der Waals surface area contributed by atoms with Crippen LogP contribution >= 0.6 is 0 Å². The lowest BCUT2D eigenvalue weighted by atomic mass is 10.1. The predicted octanol–water partition coefficient (Wildman–Crippen LogP) is 3.87. The minimum atomic E-state index is -0.845. The summed E-state index contributed by atoms with van der Waals surface area (Å²) >= 11 is 0. The SMILES string of the molecule is COC(=O)[C@@H](Cc1ccc(OC(C)(C)C)cc1)NC(=O)OCc1ccccc1. The number of rotatable bonds is 7. The number of nitrogens with one attached hydrogen (secondary N) is 1. The number of alkyl carbamates (subject to hydrolysis) is 1. The Kier molecular flexibility index (Phi) is 7.44. The first kappa shape index (κ1) is 21.3. The van der Waals surface area contributed by atoms with Crippen LogP contribution in [0.1, 0.15) is 31.9 Å². The molecule has 0 aliphatic carbocycles. The molecule has 0 aliphatic rings. The van der Waals surface area contributed by atoms with E-state index in [1.807, 2.05) is 75.4 Å². The van der Waals surface area contributed by atoms with Gasteiger partial charge in [0.2, 0.25) is 0 Å². The molecule has 6 heteroatoms. The number of methoxy groups -OCH3 is 1. The summed E-state index contributed by atoms with van der Waals surface area (Å²) in [5, 5.41) is 2.57. The first-order valence-electron chi connectivity index (χ1n) is 9.10. The quantitative estimate of drug-likeness (QED) is 0.733. The van der Waals surface area contributed by atoms with Gasteiger partial charge in [-0.2, -0.15) is 0 Å². The molecule has 2 aromatic rings. The second-order valence-electron chi connectivity index (χ2n) is 7.34. The molecule has 1 atom stereocenters. The number of carbonyl (C=O) groups is 2. The Morgan fingerprint density at radius 3 is 2.18 bits per heavy atom. The summed E-state index contributed by atoms with van der Waals surface area (Å²) in [4.78, 5) is 24.2. The Morgan fingerprint density at radius 1 is 0.964 bits per heavy atom. The van der Waals surface area contributed by atoms with Crippen molar-refractivity contribution in [1.82, 2.24) is 5.32 Å². The molecule has 1 N–H and O–H groups in total. The van der Waals surface area contributed by atoms with Gasteiger partial charge in [-0.3, -0.25) is 0 Å². The molecule has 0 saturated carbocycles. The van der Waals surface area contributed by atoms with Crippen LogP contribution in [0.15, 0.2) is 54.6 Å². The number of hydrogen-bond donors (Lipinski definition) is 1. The van der Waals surface area contributed by atoms with Gasteiger partial charge in [0.25, 0.3) is 0 Å². The molecule has 0 bridgehead atoms. The lowest BCUT2D eigenvalue weighted by molar-refractivity contribution is -0.143. The Balaban J connectivity index is 1.95. The van der Waals surface area contributed by atoms with Gasteiger partial charge in [-0.15, -0.1) is 0 Å². The van der Waals surface area contributed by atoms with Crippen LogP contribution in [0.2, 0.25) is 0 Å². The minimum absolute atomic E-state index is 0.124. The highest BCUT2D eigenvalue weighted by Crippen LogP contribution is 2.19. The van der Waals surface area contributed by atoms with E-state index in [2.05, 4.69) is 5.32 Å². The molecule has 0 aromatic heterocycles. The molecule has 0 aliphatic heterocycles. The Morgan fingerprint density at radius 2 is 1.61 bits per heavy atom. The van der Waals surface area contributed by atoms with E-state index < -0.39 is 18.1 Å². The predicted molar refractivity (Wildman–Crippen MR) is 106 cm³/mol. The standard InChI is InChI=1S/C22H27NO5/c1-22(2,3)28-18-12-10-16(11-13-18)14-19(20(24)26-4)23-21(25)27-15-17-8-6-5-7-9-17/h5-13,19H,14-15H2,1-4H3,(H,23,25)/t19-/m1/s1. The van der Waals surface area contributed by atoms with Crippen molar-refractivity contribution in [3.05, 3.63) is 65.7 Å². The van der Waals surface area contributed by atoms with Gasteiger partial charge in [0, 0.05) is 6.42 Å². The molecule has 2 aromatic carbocycles. The molecule has 0 radical (unpaired) electrons. The van der Waals surface area contributed by atoms with E-state index in [0.717, 1.165) is 16.9 Å². The Hall–Kier alpha value is -3.02. The fraction of sp³-hybridized carbons (Fsp3) is 0.364. The van der Waals surface area contributed by atoms with Gasteiger partial charge in [-0.05, 0) is 44.0 Å². The average molecular weight is 385 g/mol. The molecule has 0 heterocycles. The fourth-order valence-electron chi connectivity index (χ4n) is 2.53. The Labute approximate surface area is 165 Å². The van der Waals surface area contributed by atoms with E-state index in [0.29, 0.717) is 0 Å². The third kappa shape index (κ3) is 7.31. The summed E-state index contributed by atoms with van der Waals surface area (Å²) in [5.41, 5.74) is 1.43. The van der Waals surface area contributed by atoms with Crippen molar-refractivity contribution < 1.29 is 23.8 Å². The summed E-state index contributed by atoms with van der Waals surface area (Å²) in [7, 11) is 1.28. The van der Waals surface area contributed by atoms with E-state index in [1.165, 1.54) is 7.11 Å². The van der Waals surface area contributed by atoms with Crippen molar-refractivity contribution in [2.75, 3.05) is 7.11 Å². The zero-order valence-electron chi connectivity index (χ0n) is 16.7. The van der Waals surface area contributed by atoms with Gasteiger partial charge >= 0.3 is 12.1 Å². The molecule has 0 unspecified atom stereocenters. The van der Waals surface area contributed by atoms with E-state index in [4.69, 9.17) is 14.2 Å². The summed E-state index contributed by atoms with van der Waals surface area (Å²) < 4.78 is 15.8. The average Bonchev–Trinajstić information content (AvgIpc) is 2.66. The topological polar surface area (TPSA) is 73.9 Å². The van der Waals surface area contributed by atoms with E-state index >= 15 is 0 Å². The van der Waals surface area contributed by atoms with Crippen LogP contribution in [-0.4, -0.2) is 30.8 Å². The molecule has 0 saturated heterocycles. The third-order valence-electron chi connectivity index (χ3n) is 3.78. The molecular weight excluding hydrogens is 358 g/mol. The van der Waals surface area contributed by atoms with Crippen molar-refractivity contribution in [1.29, 1.82) is 0 Å². The maximum absolute atomic E-state index is 12.1. The smallest absolute Gasteiger partial charge is 0.408 e. The largest absolute Gasteiger partial charge is 0.488 e. The molecule has 1 amide bonds. The zero-order chi connectivity index (χ0) is 20.6. The molecule has 6 nitrogen and oxygen atoms in total. The number of carbonyl (C=O) groups excluding carboxylic acids is 2. The van der Waals surface area contributed by atoms with Gasteiger partial charge in [-0.25, -0.2) is 9.59 Å². The van der Waals surface area contributed by atoms with Crippen LogP contribution in [0.4, 0.5) is 4.79 Å². The summed E-state index contributed by atoms with van der Waals surface area (Å²) in [6, 6.07) is 15.9. The van der Waals surface area contributed by atoms with Crippen molar-refractivity contribution >= 4 is 12.1 Å². The monoisotopic (exact) mass is 385 g/mol. The number of ether oxygens (including phenoxy) is 3. The number of amides is 1. The molecule has 2 rings (SSSR count). The summed E-state index contributed by atoms with van der Waals surface area (Å²) in [5.74, 6) is 0.202. The van der Waals surface area contributed by atoms with Crippen LogP contribution in [-0.2, 0) is 27.3 Å². The van der Waals surface area contributed by atoms with Gasteiger partial charge in [0.05, 0.1) is 7.11 Å². The van der Waals surface area contributed by atoms with Crippen LogP contribution in [0.3, 0.4) is 0 Å². The highest BCUT2D eigenvalue weighted by molar-refractivity contribution is 5.81. The number of esters is 1. The van der Waals surface area contributed by atoms with Gasteiger partial charge in [-0.1, -0.05) is 42.5 Å². The van der Waals surface area contributed by atoms with Gasteiger partial charge in [0.1, 0.15) is 24.0 Å². The van der Waals surface area contributed by atoms with Crippen molar-refractivity contribution in [2.24, 2.45) is 0 Å². The summed E-state index contributed by atoms with van der Waals surface area (Å²) in [6.45, 7) is 6.04. The first-order valence-corrected chi connectivity index (χ1v) is 9.10. The molecule has 0 fully saturated rings. The van der Waals surface area contributed by atoms with Crippen molar-refractivity contribution in [3.63, 3.8) is 0 Å². The van der Waals surface area contributed by atoms with E-state index in [-0.39, 0.29) is 18.6 Å². The van der Waals surface area contributed by atoms with E-state index in [1.54, 1.807) is 0 Å². The molecular formula is C22H27NO5. The Bertz CT molecular complexity index is 766. The van der Waals surface area contributed by atoms with E-state index in [9.17, 15) is 9.59 Å². The minimum Gasteiger partial charge on any atom is -0.488 e. The maximum Gasteiger partial charge on any atom is 0.408 e.